The Hall–Kier alpha value is -2.29. The topological polar surface area (TPSA) is 72.7 Å². The molecule has 6 nitrogen and oxygen atoms in total. The summed E-state index contributed by atoms with van der Waals surface area (Å²) >= 11 is 2.20. The lowest BCUT2D eigenvalue weighted by molar-refractivity contribution is 0.102. The molecular formula is C14H10IN5O. The third-order valence-electron chi connectivity index (χ3n) is 2.80. The van der Waals surface area contributed by atoms with Crippen LogP contribution in [0.4, 0.5) is 5.69 Å². The van der Waals surface area contributed by atoms with Gasteiger partial charge in [0.1, 0.15) is 6.33 Å². The molecule has 1 N–H and O–H groups in total. The van der Waals surface area contributed by atoms with Gasteiger partial charge in [-0.25, -0.2) is 4.68 Å². The van der Waals surface area contributed by atoms with Crippen LogP contribution in [0, 0.1) is 3.57 Å². The van der Waals surface area contributed by atoms with Crippen molar-refractivity contribution in [1.29, 1.82) is 0 Å². The molecule has 0 aliphatic rings. The molecule has 2 aromatic carbocycles. The molecule has 0 fully saturated rings. The van der Waals surface area contributed by atoms with Crippen molar-refractivity contribution >= 4 is 34.2 Å². The van der Waals surface area contributed by atoms with Gasteiger partial charge in [0.15, 0.2) is 0 Å². The van der Waals surface area contributed by atoms with E-state index in [0.717, 1.165) is 14.9 Å². The lowest BCUT2D eigenvalue weighted by Gasteiger charge is -2.07. The number of anilines is 1. The standard InChI is InChI=1S/C14H10IN5O/c15-11-4-2-5-12(8-11)17-14(21)10-3-1-6-13(7-10)20-9-16-18-19-20/h1-9H,(H,17,21). The third-order valence-corrected chi connectivity index (χ3v) is 3.48. The molecule has 3 aromatic rings. The van der Waals surface area contributed by atoms with E-state index >= 15 is 0 Å². The van der Waals surface area contributed by atoms with E-state index < -0.39 is 0 Å². The van der Waals surface area contributed by atoms with Crippen LogP contribution < -0.4 is 5.32 Å². The van der Waals surface area contributed by atoms with E-state index in [1.807, 2.05) is 30.3 Å². The maximum absolute atomic E-state index is 12.3. The van der Waals surface area contributed by atoms with Crippen LogP contribution in [-0.4, -0.2) is 26.1 Å². The van der Waals surface area contributed by atoms with Crippen LogP contribution in [-0.2, 0) is 0 Å². The molecule has 0 unspecified atom stereocenters. The predicted octanol–water partition coefficient (Wildman–Crippen LogP) is 2.52. The van der Waals surface area contributed by atoms with Gasteiger partial charge in [0.2, 0.25) is 0 Å². The monoisotopic (exact) mass is 391 g/mol. The fraction of sp³-hybridized carbons (Fsp3) is 0. The van der Waals surface area contributed by atoms with Crippen LogP contribution in [0.15, 0.2) is 54.9 Å². The Morgan fingerprint density at radius 3 is 2.76 bits per heavy atom. The van der Waals surface area contributed by atoms with E-state index in [2.05, 4.69) is 43.4 Å². The van der Waals surface area contributed by atoms with Gasteiger partial charge in [0.05, 0.1) is 5.69 Å². The number of nitrogens with one attached hydrogen (secondary N) is 1. The van der Waals surface area contributed by atoms with Crippen LogP contribution in [0.5, 0.6) is 0 Å². The highest BCUT2D eigenvalue weighted by molar-refractivity contribution is 14.1. The Kier molecular flexibility index (Phi) is 3.91. The van der Waals surface area contributed by atoms with Crippen molar-refractivity contribution in [3.63, 3.8) is 0 Å². The molecule has 104 valence electrons. The first-order chi connectivity index (χ1) is 10.2. The maximum Gasteiger partial charge on any atom is 0.255 e. The molecule has 3 rings (SSSR count). The number of hydrogen-bond donors (Lipinski definition) is 1. The van der Waals surface area contributed by atoms with Gasteiger partial charge < -0.3 is 5.32 Å². The number of rotatable bonds is 3. The summed E-state index contributed by atoms with van der Waals surface area (Å²) in [6.45, 7) is 0. The van der Waals surface area contributed by atoms with Gasteiger partial charge in [0.25, 0.3) is 5.91 Å². The van der Waals surface area contributed by atoms with Gasteiger partial charge in [-0.1, -0.05) is 12.1 Å². The Balaban J connectivity index is 1.83. The molecule has 21 heavy (non-hydrogen) atoms. The second-order valence-corrected chi connectivity index (χ2v) is 5.51. The zero-order valence-electron chi connectivity index (χ0n) is 10.8. The second kappa shape index (κ2) is 6.00. The molecule has 1 aromatic heterocycles. The highest BCUT2D eigenvalue weighted by Crippen LogP contribution is 2.15. The van der Waals surface area contributed by atoms with E-state index in [1.165, 1.54) is 11.0 Å². The number of amides is 1. The summed E-state index contributed by atoms with van der Waals surface area (Å²) in [4.78, 5) is 12.3. The molecule has 0 aliphatic carbocycles. The smallest absolute Gasteiger partial charge is 0.255 e. The van der Waals surface area contributed by atoms with Gasteiger partial charge in [-0.3, -0.25) is 4.79 Å². The molecule has 0 spiro atoms. The molecule has 0 bridgehead atoms. The fourth-order valence-electron chi connectivity index (χ4n) is 1.84. The molecule has 0 saturated carbocycles. The first-order valence-corrected chi connectivity index (χ1v) is 7.20. The summed E-state index contributed by atoms with van der Waals surface area (Å²) in [7, 11) is 0. The van der Waals surface area contributed by atoms with Gasteiger partial charge in [-0.05, 0) is 69.4 Å². The lowest BCUT2D eigenvalue weighted by atomic mass is 10.2. The van der Waals surface area contributed by atoms with Crippen molar-refractivity contribution in [1.82, 2.24) is 20.2 Å². The SMILES string of the molecule is O=C(Nc1cccc(I)c1)c1cccc(-n2cnnn2)c1. The van der Waals surface area contributed by atoms with Crippen LogP contribution in [0.1, 0.15) is 10.4 Å². The van der Waals surface area contributed by atoms with Crippen LogP contribution in [0.25, 0.3) is 5.69 Å². The largest absolute Gasteiger partial charge is 0.322 e. The second-order valence-electron chi connectivity index (χ2n) is 4.27. The Labute approximate surface area is 134 Å². The van der Waals surface area contributed by atoms with E-state index in [0.29, 0.717) is 5.56 Å². The number of aromatic nitrogens is 4. The lowest BCUT2D eigenvalue weighted by Crippen LogP contribution is -2.12. The van der Waals surface area contributed by atoms with Crippen molar-refractivity contribution in [2.24, 2.45) is 0 Å². The fourth-order valence-corrected chi connectivity index (χ4v) is 2.38. The number of nitrogens with zero attached hydrogens (tertiary/aromatic N) is 4. The molecular weight excluding hydrogens is 381 g/mol. The Bertz CT molecular complexity index is 773. The summed E-state index contributed by atoms with van der Waals surface area (Å²) in [5.41, 5.74) is 2.04. The predicted molar refractivity (Wildman–Crippen MR) is 86.3 cm³/mol. The summed E-state index contributed by atoms with van der Waals surface area (Å²) in [6, 6.07) is 14.7. The minimum absolute atomic E-state index is 0.174. The Morgan fingerprint density at radius 2 is 2.00 bits per heavy atom. The minimum Gasteiger partial charge on any atom is -0.322 e. The van der Waals surface area contributed by atoms with Crippen LogP contribution >= 0.6 is 22.6 Å². The molecule has 0 aliphatic heterocycles. The highest BCUT2D eigenvalue weighted by Gasteiger charge is 2.08. The van der Waals surface area contributed by atoms with Gasteiger partial charge in [0, 0.05) is 14.8 Å². The number of hydrogen-bond acceptors (Lipinski definition) is 4. The van der Waals surface area contributed by atoms with Crippen LogP contribution in [0.3, 0.4) is 0 Å². The molecule has 0 saturated heterocycles. The minimum atomic E-state index is -0.174. The van der Waals surface area contributed by atoms with E-state index in [-0.39, 0.29) is 5.91 Å². The number of carbonyl (C=O) groups excluding carboxylic acids is 1. The summed E-state index contributed by atoms with van der Waals surface area (Å²) in [6.07, 6.45) is 1.48. The average molecular weight is 391 g/mol. The van der Waals surface area contributed by atoms with Crippen molar-refractivity contribution in [2.75, 3.05) is 5.32 Å². The molecule has 0 radical (unpaired) electrons. The van der Waals surface area contributed by atoms with Crippen molar-refractivity contribution in [3.05, 3.63) is 64.0 Å². The van der Waals surface area contributed by atoms with E-state index in [9.17, 15) is 4.79 Å². The van der Waals surface area contributed by atoms with Crippen LogP contribution in [0.2, 0.25) is 0 Å². The number of tetrazole rings is 1. The number of halogens is 1. The number of benzene rings is 2. The van der Waals surface area contributed by atoms with Crippen molar-refractivity contribution < 1.29 is 4.79 Å². The molecule has 1 amide bonds. The zero-order chi connectivity index (χ0) is 14.7. The Morgan fingerprint density at radius 1 is 1.14 bits per heavy atom. The van der Waals surface area contributed by atoms with Gasteiger partial charge in [-0.15, -0.1) is 5.10 Å². The summed E-state index contributed by atoms with van der Waals surface area (Å²) in [5.74, 6) is -0.174. The summed E-state index contributed by atoms with van der Waals surface area (Å²) < 4.78 is 2.57. The normalized spacial score (nSPS) is 10.3. The van der Waals surface area contributed by atoms with Crippen molar-refractivity contribution in [3.8, 4) is 5.69 Å². The number of carbonyl (C=O) groups is 1. The van der Waals surface area contributed by atoms with Gasteiger partial charge >= 0.3 is 0 Å². The van der Waals surface area contributed by atoms with E-state index in [1.54, 1.807) is 18.2 Å². The van der Waals surface area contributed by atoms with E-state index in [4.69, 9.17) is 0 Å². The summed E-state index contributed by atoms with van der Waals surface area (Å²) in [5, 5.41) is 13.8. The average Bonchev–Trinajstić information content (AvgIpc) is 3.02. The quantitative estimate of drug-likeness (QED) is 0.697. The highest BCUT2D eigenvalue weighted by atomic mass is 127. The molecule has 1 heterocycles. The molecule has 0 atom stereocenters. The first-order valence-electron chi connectivity index (χ1n) is 6.13. The first kappa shape index (κ1) is 13.7. The maximum atomic E-state index is 12.3. The molecule has 7 heteroatoms. The van der Waals surface area contributed by atoms with Gasteiger partial charge in [-0.2, -0.15) is 0 Å². The zero-order valence-corrected chi connectivity index (χ0v) is 12.9. The third kappa shape index (κ3) is 3.24. The van der Waals surface area contributed by atoms with Crippen molar-refractivity contribution in [2.45, 2.75) is 0 Å².